The van der Waals surface area contributed by atoms with E-state index < -0.39 is 0 Å². The molecule has 2 rings (SSSR count). The fraction of sp³-hybridized carbons (Fsp3) is 0.615. The fourth-order valence-electron chi connectivity index (χ4n) is 2.44. The first-order valence-corrected chi connectivity index (χ1v) is 6.08. The maximum atomic E-state index is 5.74. The van der Waals surface area contributed by atoms with Crippen molar-refractivity contribution in [3.63, 3.8) is 0 Å². The van der Waals surface area contributed by atoms with Gasteiger partial charge in [-0.15, -0.1) is 0 Å². The van der Waals surface area contributed by atoms with Crippen LogP contribution in [-0.2, 0) is 11.3 Å². The van der Waals surface area contributed by atoms with Crippen LogP contribution in [0.25, 0.3) is 0 Å². The molecule has 16 heavy (non-hydrogen) atoms. The summed E-state index contributed by atoms with van der Waals surface area (Å²) in [5.41, 5.74) is 6.74. The third kappa shape index (κ3) is 3.03. The predicted octanol–water partition coefficient (Wildman–Crippen LogP) is 1.97. The Labute approximate surface area is 97.0 Å². The summed E-state index contributed by atoms with van der Waals surface area (Å²) >= 11 is 0. The summed E-state index contributed by atoms with van der Waals surface area (Å²) in [4.78, 5) is 4.23. The summed E-state index contributed by atoms with van der Waals surface area (Å²) in [5, 5.41) is 0. The first-order chi connectivity index (χ1) is 7.90. The normalized spacial score (nSPS) is 24.8. The molecule has 1 aromatic heterocycles. The molecule has 0 radical (unpaired) electrons. The van der Waals surface area contributed by atoms with Crippen LogP contribution in [0.2, 0.25) is 0 Å². The second-order valence-electron chi connectivity index (χ2n) is 4.52. The Morgan fingerprint density at radius 3 is 2.94 bits per heavy atom. The summed E-state index contributed by atoms with van der Waals surface area (Å²) in [6, 6.07) is 5.91. The van der Waals surface area contributed by atoms with E-state index in [4.69, 9.17) is 10.5 Å². The maximum Gasteiger partial charge on any atom is 0.0887 e. The fourth-order valence-corrected chi connectivity index (χ4v) is 2.44. The molecule has 2 N–H and O–H groups in total. The van der Waals surface area contributed by atoms with Crippen LogP contribution in [0, 0.1) is 11.8 Å². The van der Waals surface area contributed by atoms with Gasteiger partial charge in [0.05, 0.1) is 18.9 Å². The smallest absolute Gasteiger partial charge is 0.0887 e. The van der Waals surface area contributed by atoms with Crippen LogP contribution in [0.5, 0.6) is 0 Å². The number of nitrogens with zero attached hydrogens (tertiary/aromatic N) is 1. The van der Waals surface area contributed by atoms with Gasteiger partial charge in [0.2, 0.25) is 0 Å². The Morgan fingerprint density at radius 2 is 2.19 bits per heavy atom. The number of pyridine rings is 1. The number of hydrogen-bond donors (Lipinski definition) is 1. The van der Waals surface area contributed by atoms with Gasteiger partial charge in [-0.2, -0.15) is 0 Å². The number of nitrogens with two attached hydrogens (primary N) is 1. The molecule has 1 heterocycles. The second-order valence-corrected chi connectivity index (χ2v) is 4.52. The van der Waals surface area contributed by atoms with Gasteiger partial charge in [0.1, 0.15) is 0 Å². The van der Waals surface area contributed by atoms with E-state index >= 15 is 0 Å². The molecule has 3 heteroatoms. The molecule has 1 aliphatic rings. The lowest BCUT2D eigenvalue weighted by molar-refractivity contribution is 0.0734. The molecular formula is C13H20N2O. The minimum Gasteiger partial charge on any atom is -0.375 e. The molecule has 0 aliphatic heterocycles. The Kier molecular flexibility index (Phi) is 4.31. The highest BCUT2D eigenvalue weighted by molar-refractivity contribution is 5.01. The monoisotopic (exact) mass is 220 g/mol. The summed E-state index contributed by atoms with van der Waals surface area (Å²) in [6.07, 6.45) is 5.65. The summed E-state index contributed by atoms with van der Waals surface area (Å²) in [5.74, 6) is 1.33. The van der Waals surface area contributed by atoms with E-state index in [0.717, 1.165) is 18.8 Å². The Morgan fingerprint density at radius 1 is 1.31 bits per heavy atom. The zero-order valence-corrected chi connectivity index (χ0v) is 9.64. The molecular weight excluding hydrogens is 200 g/mol. The van der Waals surface area contributed by atoms with Gasteiger partial charge in [-0.1, -0.05) is 12.5 Å². The summed E-state index contributed by atoms with van der Waals surface area (Å²) in [7, 11) is 0. The largest absolute Gasteiger partial charge is 0.375 e. The van der Waals surface area contributed by atoms with E-state index in [2.05, 4.69) is 4.98 Å². The molecule has 2 unspecified atom stereocenters. The lowest BCUT2D eigenvalue weighted by Crippen LogP contribution is -2.22. The lowest BCUT2D eigenvalue weighted by atomic mass is 9.97. The molecule has 0 amide bonds. The summed E-state index contributed by atoms with van der Waals surface area (Å²) in [6.45, 7) is 2.25. The average molecular weight is 220 g/mol. The average Bonchev–Trinajstić information content (AvgIpc) is 2.78. The van der Waals surface area contributed by atoms with Crippen molar-refractivity contribution >= 4 is 0 Å². The van der Waals surface area contributed by atoms with Crippen LogP contribution < -0.4 is 5.73 Å². The van der Waals surface area contributed by atoms with Crippen molar-refractivity contribution < 1.29 is 4.74 Å². The SMILES string of the molecule is NCC1CCCC1COCc1ccccn1. The number of aromatic nitrogens is 1. The molecule has 0 spiro atoms. The van der Waals surface area contributed by atoms with E-state index in [0.29, 0.717) is 18.4 Å². The Bertz CT molecular complexity index is 302. The van der Waals surface area contributed by atoms with Gasteiger partial charge in [0.15, 0.2) is 0 Å². The standard InChI is InChI=1S/C13H20N2O/c14-8-11-4-3-5-12(11)9-16-10-13-6-1-2-7-15-13/h1-2,6-7,11-12H,3-5,8-10,14H2. The highest BCUT2D eigenvalue weighted by Gasteiger charge is 2.25. The molecule has 0 aromatic carbocycles. The van der Waals surface area contributed by atoms with Crippen LogP contribution in [0.4, 0.5) is 0 Å². The van der Waals surface area contributed by atoms with Gasteiger partial charge in [0, 0.05) is 6.20 Å². The molecule has 1 saturated carbocycles. The van der Waals surface area contributed by atoms with Gasteiger partial charge in [0.25, 0.3) is 0 Å². The highest BCUT2D eigenvalue weighted by Crippen LogP contribution is 2.31. The Balaban J connectivity index is 1.72. The van der Waals surface area contributed by atoms with Gasteiger partial charge in [-0.3, -0.25) is 4.98 Å². The predicted molar refractivity (Wildman–Crippen MR) is 63.8 cm³/mol. The topological polar surface area (TPSA) is 48.1 Å². The van der Waals surface area contributed by atoms with Crippen molar-refractivity contribution in [2.24, 2.45) is 17.6 Å². The quantitative estimate of drug-likeness (QED) is 0.825. The van der Waals surface area contributed by atoms with Crippen LogP contribution in [0.1, 0.15) is 25.0 Å². The van der Waals surface area contributed by atoms with Gasteiger partial charge in [-0.25, -0.2) is 0 Å². The van der Waals surface area contributed by atoms with Crippen molar-refractivity contribution in [1.29, 1.82) is 0 Å². The minimum atomic E-state index is 0.620. The van der Waals surface area contributed by atoms with Crippen LogP contribution in [-0.4, -0.2) is 18.1 Å². The van der Waals surface area contributed by atoms with Crippen LogP contribution in [0.3, 0.4) is 0 Å². The molecule has 0 bridgehead atoms. The number of ether oxygens (including phenoxy) is 1. The molecule has 1 aromatic rings. The highest BCUT2D eigenvalue weighted by atomic mass is 16.5. The third-order valence-corrected chi connectivity index (χ3v) is 3.43. The van der Waals surface area contributed by atoms with Gasteiger partial charge < -0.3 is 10.5 Å². The molecule has 88 valence electrons. The lowest BCUT2D eigenvalue weighted by Gasteiger charge is -2.17. The molecule has 2 atom stereocenters. The summed E-state index contributed by atoms with van der Waals surface area (Å²) < 4.78 is 5.72. The van der Waals surface area contributed by atoms with E-state index in [1.54, 1.807) is 6.20 Å². The Hall–Kier alpha value is -0.930. The zero-order chi connectivity index (χ0) is 11.2. The number of rotatable bonds is 5. The van der Waals surface area contributed by atoms with Crippen molar-refractivity contribution in [3.8, 4) is 0 Å². The molecule has 1 aliphatic carbocycles. The van der Waals surface area contributed by atoms with Crippen molar-refractivity contribution in [2.45, 2.75) is 25.9 Å². The van der Waals surface area contributed by atoms with E-state index in [9.17, 15) is 0 Å². The van der Waals surface area contributed by atoms with Crippen LogP contribution >= 0.6 is 0 Å². The first-order valence-electron chi connectivity index (χ1n) is 6.08. The molecule has 0 saturated heterocycles. The third-order valence-electron chi connectivity index (χ3n) is 3.43. The van der Waals surface area contributed by atoms with Crippen LogP contribution in [0.15, 0.2) is 24.4 Å². The number of hydrogen-bond acceptors (Lipinski definition) is 3. The van der Waals surface area contributed by atoms with Gasteiger partial charge >= 0.3 is 0 Å². The van der Waals surface area contributed by atoms with Crippen molar-refractivity contribution in [3.05, 3.63) is 30.1 Å². The van der Waals surface area contributed by atoms with Crippen molar-refractivity contribution in [1.82, 2.24) is 4.98 Å². The zero-order valence-electron chi connectivity index (χ0n) is 9.64. The first kappa shape index (κ1) is 11.6. The maximum absolute atomic E-state index is 5.74. The van der Waals surface area contributed by atoms with E-state index in [1.807, 2.05) is 18.2 Å². The van der Waals surface area contributed by atoms with E-state index in [1.165, 1.54) is 19.3 Å². The minimum absolute atomic E-state index is 0.620. The van der Waals surface area contributed by atoms with Crippen molar-refractivity contribution in [2.75, 3.05) is 13.2 Å². The molecule has 3 nitrogen and oxygen atoms in total. The van der Waals surface area contributed by atoms with Gasteiger partial charge in [-0.05, 0) is 43.4 Å². The second kappa shape index (κ2) is 5.97. The molecule has 1 fully saturated rings. The van der Waals surface area contributed by atoms with E-state index in [-0.39, 0.29) is 0 Å².